The standard InChI is InChI=1S/C27H21ClN2O3/c28-21-12-6-4-11-20(21)24-23(25(31)17-8-2-1-3-9-17)26(32)27(33)30(24)15-14-18-16-29-22-13-7-5-10-19(18)22/h1-13,16,24,29,31H,14-15H2. The molecule has 1 fully saturated rings. The zero-order valence-electron chi connectivity index (χ0n) is 17.7. The van der Waals surface area contributed by atoms with Crippen molar-refractivity contribution >= 4 is 40.0 Å². The maximum atomic E-state index is 13.1. The first-order chi connectivity index (χ1) is 16.1. The fraction of sp³-hybridized carbons (Fsp3) is 0.111. The number of ketones is 1. The average molecular weight is 457 g/mol. The molecule has 3 aromatic carbocycles. The third-order valence-corrected chi connectivity index (χ3v) is 6.43. The number of amides is 1. The second-order valence-corrected chi connectivity index (χ2v) is 8.40. The highest BCUT2D eigenvalue weighted by Crippen LogP contribution is 2.41. The Hall–Kier alpha value is -3.83. The van der Waals surface area contributed by atoms with Gasteiger partial charge in [-0.2, -0.15) is 0 Å². The van der Waals surface area contributed by atoms with Crippen LogP contribution in [0, 0.1) is 0 Å². The van der Waals surface area contributed by atoms with Gasteiger partial charge < -0.3 is 15.0 Å². The van der Waals surface area contributed by atoms with Crippen LogP contribution in [0.25, 0.3) is 16.7 Å². The van der Waals surface area contributed by atoms with E-state index in [1.165, 1.54) is 4.90 Å². The molecule has 0 radical (unpaired) electrons. The van der Waals surface area contributed by atoms with Crippen LogP contribution in [-0.2, 0) is 16.0 Å². The Labute approximate surface area is 195 Å². The maximum absolute atomic E-state index is 13.1. The van der Waals surface area contributed by atoms with E-state index < -0.39 is 17.7 Å². The van der Waals surface area contributed by atoms with Crippen LogP contribution in [0.3, 0.4) is 0 Å². The number of likely N-dealkylation sites (tertiary alicyclic amines) is 1. The lowest BCUT2D eigenvalue weighted by atomic mass is 9.95. The number of H-pyrrole nitrogens is 1. The molecule has 1 amide bonds. The summed E-state index contributed by atoms with van der Waals surface area (Å²) in [7, 11) is 0. The van der Waals surface area contributed by atoms with Gasteiger partial charge in [0.15, 0.2) is 0 Å². The molecular weight excluding hydrogens is 436 g/mol. The summed E-state index contributed by atoms with van der Waals surface area (Å²) in [5, 5.41) is 12.6. The molecular formula is C27H21ClN2O3. The molecule has 1 aliphatic rings. The molecule has 1 atom stereocenters. The topological polar surface area (TPSA) is 73.4 Å². The van der Waals surface area contributed by atoms with E-state index in [1.807, 2.05) is 42.6 Å². The molecule has 4 aromatic rings. The number of nitrogens with one attached hydrogen (secondary N) is 1. The average Bonchev–Trinajstić information content (AvgIpc) is 3.37. The number of carbonyl (C=O) groups excluding carboxylic acids is 2. The monoisotopic (exact) mass is 456 g/mol. The molecule has 6 heteroatoms. The number of hydrogen-bond acceptors (Lipinski definition) is 3. The van der Waals surface area contributed by atoms with Crippen molar-refractivity contribution in [2.24, 2.45) is 0 Å². The number of halogens is 1. The summed E-state index contributed by atoms with van der Waals surface area (Å²) in [6.45, 7) is 0.299. The van der Waals surface area contributed by atoms with Crippen LogP contribution in [0.4, 0.5) is 0 Å². The molecule has 1 aliphatic heterocycles. The maximum Gasteiger partial charge on any atom is 0.295 e. The highest BCUT2D eigenvalue weighted by Gasteiger charge is 2.46. The third-order valence-electron chi connectivity index (χ3n) is 6.08. The molecule has 2 N–H and O–H groups in total. The number of Topliss-reactive ketones (excluding diaryl/α,β-unsaturated/α-hetero) is 1. The van der Waals surface area contributed by atoms with Crippen LogP contribution in [-0.4, -0.2) is 33.2 Å². The van der Waals surface area contributed by atoms with Crippen molar-refractivity contribution in [2.45, 2.75) is 12.5 Å². The van der Waals surface area contributed by atoms with Crippen LogP contribution in [0.15, 0.2) is 90.6 Å². The van der Waals surface area contributed by atoms with E-state index in [0.29, 0.717) is 29.1 Å². The van der Waals surface area contributed by atoms with E-state index in [2.05, 4.69) is 4.98 Å². The molecule has 1 saturated heterocycles. The first-order valence-corrected chi connectivity index (χ1v) is 11.1. The van der Waals surface area contributed by atoms with Crippen LogP contribution < -0.4 is 0 Å². The van der Waals surface area contributed by atoms with Gasteiger partial charge in [0, 0.05) is 34.2 Å². The lowest BCUT2D eigenvalue weighted by molar-refractivity contribution is -0.139. The SMILES string of the molecule is O=C1C(=O)N(CCc2c[nH]c3ccccc23)C(c2ccccc2Cl)C1=C(O)c1ccccc1. The first kappa shape index (κ1) is 21.0. The van der Waals surface area contributed by atoms with Gasteiger partial charge in [-0.05, 0) is 29.7 Å². The summed E-state index contributed by atoms with van der Waals surface area (Å²) >= 11 is 6.50. The van der Waals surface area contributed by atoms with Crippen LogP contribution >= 0.6 is 11.6 Å². The van der Waals surface area contributed by atoms with Gasteiger partial charge in [0.05, 0.1) is 11.6 Å². The number of hydrogen-bond donors (Lipinski definition) is 2. The van der Waals surface area contributed by atoms with E-state index >= 15 is 0 Å². The Morgan fingerprint density at radius 3 is 2.42 bits per heavy atom. The molecule has 33 heavy (non-hydrogen) atoms. The molecule has 0 bridgehead atoms. The number of fused-ring (bicyclic) bond motifs is 1. The summed E-state index contributed by atoms with van der Waals surface area (Å²) in [5.74, 6) is -1.55. The molecule has 1 unspecified atom stereocenters. The van der Waals surface area contributed by atoms with Gasteiger partial charge in [-0.15, -0.1) is 0 Å². The number of aliphatic hydroxyl groups excluding tert-OH is 1. The van der Waals surface area contributed by atoms with Crippen molar-refractivity contribution in [3.05, 3.63) is 112 Å². The quantitative estimate of drug-likeness (QED) is 0.237. The fourth-order valence-electron chi connectivity index (χ4n) is 4.46. The summed E-state index contributed by atoms with van der Waals surface area (Å²) < 4.78 is 0. The van der Waals surface area contributed by atoms with Crippen molar-refractivity contribution in [2.75, 3.05) is 6.54 Å². The number of rotatable bonds is 5. The van der Waals surface area contributed by atoms with E-state index in [4.69, 9.17) is 11.6 Å². The minimum absolute atomic E-state index is 0.0539. The fourth-order valence-corrected chi connectivity index (χ4v) is 4.70. The van der Waals surface area contributed by atoms with Crippen molar-refractivity contribution < 1.29 is 14.7 Å². The molecule has 0 spiro atoms. The predicted molar refractivity (Wildman–Crippen MR) is 129 cm³/mol. The minimum atomic E-state index is -0.774. The minimum Gasteiger partial charge on any atom is -0.507 e. The zero-order chi connectivity index (χ0) is 22.9. The van der Waals surface area contributed by atoms with Crippen molar-refractivity contribution in [1.82, 2.24) is 9.88 Å². The number of aromatic amines is 1. The van der Waals surface area contributed by atoms with Crippen molar-refractivity contribution in [3.63, 3.8) is 0 Å². The van der Waals surface area contributed by atoms with Crippen LogP contribution in [0.5, 0.6) is 0 Å². The molecule has 1 aromatic heterocycles. The Morgan fingerprint density at radius 2 is 1.64 bits per heavy atom. The highest BCUT2D eigenvalue weighted by molar-refractivity contribution is 6.47. The van der Waals surface area contributed by atoms with Crippen LogP contribution in [0.1, 0.15) is 22.7 Å². The summed E-state index contributed by atoms with van der Waals surface area (Å²) in [4.78, 5) is 31.0. The molecule has 0 saturated carbocycles. The van der Waals surface area contributed by atoms with Crippen LogP contribution in [0.2, 0.25) is 5.02 Å². The van der Waals surface area contributed by atoms with E-state index in [9.17, 15) is 14.7 Å². The Kier molecular flexibility index (Phi) is 5.48. The lowest BCUT2D eigenvalue weighted by Crippen LogP contribution is -2.31. The van der Waals surface area contributed by atoms with Gasteiger partial charge in [-0.25, -0.2) is 0 Å². The summed E-state index contributed by atoms with van der Waals surface area (Å²) in [5.41, 5.74) is 3.20. The van der Waals surface area contributed by atoms with Crippen molar-refractivity contribution in [1.29, 1.82) is 0 Å². The van der Waals surface area contributed by atoms with Gasteiger partial charge in [0.1, 0.15) is 5.76 Å². The Morgan fingerprint density at radius 1 is 0.939 bits per heavy atom. The van der Waals surface area contributed by atoms with Gasteiger partial charge >= 0.3 is 0 Å². The van der Waals surface area contributed by atoms with Gasteiger partial charge in [0.25, 0.3) is 11.7 Å². The number of benzene rings is 3. The Balaban J connectivity index is 1.58. The van der Waals surface area contributed by atoms with E-state index in [0.717, 1.165) is 16.5 Å². The molecule has 5 rings (SSSR count). The third kappa shape index (κ3) is 3.70. The molecule has 164 valence electrons. The summed E-state index contributed by atoms with van der Waals surface area (Å²) in [6.07, 6.45) is 2.47. The zero-order valence-corrected chi connectivity index (χ0v) is 18.4. The smallest absolute Gasteiger partial charge is 0.295 e. The molecule has 5 nitrogen and oxygen atoms in total. The molecule has 0 aliphatic carbocycles. The lowest BCUT2D eigenvalue weighted by Gasteiger charge is -2.26. The molecule has 2 heterocycles. The van der Waals surface area contributed by atoms with E-state index in [-0.39, 0.29) is 11.3 Å². The second kappa shape index (κ2) is 8.60. The Bertz CT molecular complexity index is 1390. The van der Waals surface area contributed by atoms with Gasteiger partial charge in [0.2, 0.25) is 0 Å². The van der Waals surface area contributed by atoms with Gasteiger partial charge in [-0.3, -0.25) is 9.59 Å². The van der Waals surface area contributed by atoms with Gasteiger partial charge in [-0.1, -0.05) is 78.3 Å². The van der Waals surface area contributed by atoms with E-state index in [1.54, 1.807) is 42.5 Å². The number of nitrogens with zero attached hydrogens (tertiary/aromatic N) is 1. The van der Waals surface area contributed by atoms with Crippen molar-refractivity contribution in [3.8, 4) is 0 Å². The number of para-hydroxylation sites is 1. The first-order valence-electron chi connectivity index (χ1n) is 10.7. The normalized spacial score (nSPS) is 17.7. The number of carbonyl (C=O) groups is 2. The second-order valence-electron chi connectivity index (χ2n) is 7.99. The highest BCUT2D eigenvalue weighted by atomic mass is 35.5. The summed E-state index contributed by atoms with van der Waals surface area (Å²) in [6, 6.07) is 23.1. The predicted octanol–water partition coefficient (Wildman–Crippen LogP) is 5.49. The largest absolute Gasteiger partial charge is 0.507 e. The number of aliphatic hydroxyl groups is 1. The number of aromatic nitrogens is 1.